The third-order valence-corrected chi connectivity index (χ3v) is 2.91. The fraction of sp³-hybridized carbons (Fsp3) is 0.167. The SMILES string of the molecule is Cc1cnnn1CC(=O)Nc1ccc(Cl)c(C(=O)O)c1. The highest BCUT2D eigenvalue weighted by atomic mass is 35.5. The second-order valence-electron chi connectivity index (χ2n) is 4.08. The molecule has 1 heterocycles. The molecule has 2 aromatic rings. The van der Waals surface area contributed by atoms with Crippen molar-refractivity contribution in [2.24, 2.45) is 0 Å². The van der Waals surface area contributed by atoms with Gasteiger partial charge in [-0.1, -0.05) is 16.8 Å². The maximum atomic E-state index is 11.8. The number of hydrogen-bond acceptors (Lipinski definition) is 4. The number of benzene rings is 1. The fourth-order valence-corrected chi connectivity index (χ4v) is 1.77. The lowest BCUT2D eigenvalue weighted by Gasteiger charge is -2.07. The molecule has 0 radical (unpaired) electrons. The van der Waals surface area contributed by atoms with E-state index in [1.807, 2.05) is 0 Å². The summed E-state index contributed by atoms with van der Waals surface area (Å²) in [5, 5.41) is 19.1. The van der Waals surface area contributed by atoms with Crippen LogP contribution in [-0.2, 0) is 11.3 Å². The monoisotopic (exact) mass is 294 g/mol. The van der Waals surface area contributed by atoms with Gasteiger partial charge in [-0.2, -0.15) is 0 Å². The Morgan fingerprint density at radius 2 is 2.20 bits per heavy atom. The molecule has 0 bridgehead atoms. The van der Waals surface area contributed by atoms with Crippen LogP contribution in [0.4, 0.5) is 5.69 Å². The summed E-state index contributed by atoms with van der Waals surface area (Å²) in [6.07, 6.45) is 1.54. The predicted octanol–water partition coefficient (Wildman–Crippen LogP) is 1.58. The molecule has 1 aromatic heterocycles. The van der Waals surface area contributed by atoms with Gasteiger partial charge < -0.3 is 10.4 Å². The van der Waals surface area contributed by atoms with Gasteiger partial charge in [0.15, 0.2) is 0 Å². The van der Waals surface area contributed by atoms with Crippen molar-refractivity contribution in [2.75, 3.05) is 5.32 Å². The summed E-state index contributed by atoms with van der Waals surface area (Å²) in [7, 11) is 0. The number of carbonyl (C=O) groups excluding carboxylic acids is 1. The Hall–Kier alpha value is -2.41. The molecule has 2 N–H and O–H groups in total. The lowest BCUT2D eigenvalue weighted by atomic mass is 10.2. The summed E-state index contributed by atoms with van der Waals surface area (Å²) in [5.74, 6) is -1.49. The Morgan fingerprint density at radius 1 is 1.45 bits per heavy atom. The summed E-state index contributed by atoms with van der Waals surface area (Å²) in [6.45, 7) is 1.77. The van der Waals surface area contributed by atoms with Gasteiger partial charge in [-0.05, 0) is 25.1 Å². The second kappa shape index (κ2) is 5.70. The highest BCUT2D eigenvalue weighted by Gasteiger charge is 2.11. The predicted molar refractivity (Wildman–Crippen MR) is 71.8 cm³/mol. The van der Waals surface area contributed by atoms with Gasteiger partial charge in [0.25, 0.3) is 0 Å². The summed E-state index contributed by atoms with van der Waals surface area (Å²) >= 11 is 5.75. The number of nitrogens with one attached hydrogen (secondary N) is 1. The Morgan fingerprint density at radius 3 is 2.80 bits per heavy atom. The van der Waals surface area contributed by atoms with Gasteiger partial charge in [-0.3, -0.25) is 4.79 Å². The number of anilines is 1. The van der Waals surface area contributed by atoms with Crippen LogP contribution >= 0.6 is 11.6 Å². The minimum absolute atomic E-state index is 0.00311. The quantitative estimate of drug-likeness (QED) is 0.892. The Bertz CT molecular complexity index is 668. The van der Waals surface area contributed by atoms with Crippen LogP contribution in [0, 0.1) is 6.92 Å². The van der Waals surface area contributed by atoms with Crippen LogP contribution in [-0.4, -0.2) is 32.0 Å². The Kier molecular flexibility index (Phi) is 3.99. The second-order valence-corrected chi connectivity index (χ2v) is 4.49. The number of carboxylic acids is 1. The van der Waals surface area contributed by atoms with Gasteiger partial charge in [-0.25, -0.2) is 9.48 Å². The topological polar surface area (TPSA) is 97.1 Å². The highest BCUT2D eigenvalue weighted by molar-refractivity contribution is 6.33. The summed E-state index contributed by atoms with van der Waals surface area (Å²) < 4.78 is 1.43. The van der Waals surface area contributed by atoms with Gasteiger partial charge in [0.2, 0.25) is 5.91 Å². The molecular weight excluding hydrogens is 284 g/mol. The van der Waals surface area contributed by atoms with Crippen molar-refractivity contribution in [3.63, 3.8) is 0 Å². The van der Waals surface area contributed by atoms with E-state index in [0.29, 0.717) is 5.69 Å². The molecule has 2 rings (SSSR count). The number of aromatic nitrogens is 3. The number of amides is 1. The van der Waals surface area contributed by atoms with E-state index in [9.17, 15) is 9.59 Å². The minimum Gasteiger partial charge on any atom is -0.478 e. The Balaban J connectivity index is 2.10. The summed E-state index contributed by atoms with van der Waals surface area (Å²) in [6, 6.07) is 4.25. The van der Waals surface area contributed by atoms with Gasteiger partial charge in [0.1, 0.15) is 6.54 Å². The molecule has 1 aromatic carbocycles. The number of halogens is 1. The average Bonchev–Trinajstić information content (AvgIpc) is 2.77. The number of carboxylic acid groups (broad SMARTS) is 1. The van der Waals surface area contributed by atoms with E-state index in [1.54, 1.807) is 6.92 Å². The largest absolute Gasteiger partial charge is 0.478 e. The summed E-state index contributed by atoms with van der Waals surface area (Å²) in [4.78, 5) is 22.8. The van der Waals surface area contributed by atoms with Crippen LogP contribution in [0.1, 0.15) is 16.1 Å². The zero-order valence-electron chi connectivity index (χ0n) is 10.5. The smallest absolute Gasteiger partial charge is 0.337 e. The lowest BCUT2D eigenvalue weighted by molar-refractivity contribution is -0.117. The molecule has 104 valence electrons. The van der Waals surface area contributed by atoms with Crippen molar-refractivity contribution in [1.29, 1.82) is 0 Å². The molecule has 0 saturated carbocycles. The first-order chi connectivity index (χ1) is 9.47. The molecule has 0 fully saturated rings. The van der Waals surface area contributed by atoms with Crippen molar-refractivity contribution < 1.29 is 14.7 Å². The molecule has 20 heavy (non-hydrogen) atoms. The number of nitrogens with zero attached hydrogens (tertiary/aromatic N) is 3. The number of aryl methyl sites for hydroxylation is 1. The minimum atomic E-state index is -1.15. The number of carbonyl (C=O) groups is 2. The van der Waals surface area contributed by atoms with Crippen LogP contribution in [0.5, 0.6) is 0 Å². The third kappa shape index (κ3) is 3.12. The van der Waals surface area contributed by atoms with Crippen LogP contribution in [0.3, 0.4) is 0 Å². The number of hydrogen-bond donors (Lipinski definition) is 2. The first kappa shape index (κ1) is 14.0. The molecule has 0 aliphatic carbocycles. The van der Waals surface area contributed by atoms with Crippen LogP contribution < -0.4 is 5.32 Å². The van der Waals surface area contributed by atoms with Gasteiger partial charge >= 0.3 is 5.97 Å². The van der Waals surface area contributed by atoms with E-state index in [4.69, 9.17) is 16.7 Å². The molecule has 0 unspecified atom stereocenters. The zero-order chi connectivity index (χ0) is 14.7. The van der Waals surface area contributed by atoms with Crippen LogP contribution in [0.25, 0.3) is 0 Å². The van der Waals surface area contributed by atoms with Crippen LogP contribution in [0.15, 0.2) is 24.4 Å². The van der Waals surface area contributed by atoms with Gasteiger partial charge in [0.05, 0.1) is 22.5 Å². The fourth-order valence-electron chi connectivity index (χ4n) is 1.57. The van der Waals surface area contributed by atoms with E-state index in [-0.39, 0.29) is 23.0 Å². The molecule has 7 nitrogen and oxygen atoms in total. The molecule has 0 saturated heterocycles. The lowest BCUT2D eigenvalue weighted by Crippen LogP contribution is -2.20. The van der Waals surface area contributed by atoms with Gasteiger partial charge in [0, 0.05) is 5.69 Å². The normalized spacial score (nSPS) is 10.3. The molecule has 0 aliphatic rings. The van der Waals surface area contributed by atoms with E-state index in [1.165, 1.54) is 29.1 Å². The highest BCUT2D eigenvalue weighted by Crippen LogP contribution is 2.20. The van der Waals surface area contributed by atoms with E-state index in [0.717, 1.165) is 5.69 Å². The molecule has 1 amide bonds. The molecule has 0 atom stereocenters. The third-order valence-electron chi connectivity index (χ3n) is 2.59. The van der Waals surface area contributed by atoms with Crippen molar-refractivity contribution in [1.82, 2.24) is 15.0 Å². The van der Waals surface area contributed by atoms with E-state index >= 15 is 0 Å². The maximum Gasteiger partial charge on any atom is 0.337 e. The molecule has 8 heteroatoms. The van der Waals surface area contributed by atoms with Crippen LogP contribution in [0.2, 0.25) is 5.02 Å². The average molecular weight is 295 g/mol. The Labute approximate surface area is 119 Å². The first-order valence-electron chi connectivity index (χ1n) is 5.65. The summed E-state index contributed by atoms with van der Waals surface area (Å²) in [5.41, 5.74) is 1.04. The van der Waals surface area contributed by atoms with Crippen molar-refractivity contribution in [2.45, 2.75) is 13.5 Å². The molecule has 0 aliphatic heterocycles. The number of aromatic carboxylic acids is 1. The van der Waals surface area contributed by atoms with E-state index < -0.39 is 5.97 Å². The van der Waals surface area contributed by atoms with E-state index in [2.05, 4.69) is 15.6 Å². The standard InChI is InChI=1S/C12H11ClN4O3/c1-7-5-14-16-17(7)6-11(18)15-8-2-3-10(13)9(4-8)12(19)20/h2-5H,6H2,1H3,(H,15,18)(H,19,20). The van der Waals surface area contributed by atoms with Gasteiger partial charge in [-0.15, -0.1) is 5.10 Å². The zero-order valence-corrected chi connectivity index (χ0v) is 11.3. The molecular formula is C12H11ClN4O3. The van der Waals surface area contributed by atoms with Crippen molar-refractivity contribution in [3.8, 4) is 0 Å². The number of rotatable bonds is 4. The van der Waals surface area contributed by atoms with Crippen molar-refractivity contribution in [3.05, 3.63) is 40.7 Å². The molecule has 0 spiro atoms. The maximum absolute atomic E-state index is 11.8. The van der Waals surface area contributed by atoms with Crippen molar-refractivity contribution >= 4 is 29.2 Å². The first-order valence-corrected chi connectivity index (χ1v) is 6.03.